The van der Waals surface area contributed by atoms with Crippen molar-refractivity contribution in [2.45, 2.75) is 32.9 Å². The maximum Gasteiger partial charge on any atom is 0.338 e. The number of rotatable bonds is 4. The van der Waals surface area contributed by atoms with Crippen LogP contribution in [0.4, 0.5) is 5.82 Å². The van der Waals surface area contributed by atoms with E-state index in [0.717, 1.165) is 0 Å². The fourth-order valence-corrected chi connectivity index (χ4v) is 3.08. The number of carbonyl (C=O) groups is 2. The van der Waals surface area contributed by atoms with Crippen molar-refractivity contribution in [1.29, 1.82) is 0 Å². The molecule has 3 rings (SSSR count). The van der Waals surface area contributed by atoms with Crippen LogP contribution in [0.2, 0.25) is 0 Å². The fraction of sp³-hybridized carbons (Fsp3) is 0.368. The molecule has 3 aromatic rings. The molecule has 0 amide bonds. The topological polar surface area (TPSA) is 119 Å². The SMILES string of the molecule is COC(=O)c1cc(OC)c2c(c1)c1c(N)ncnc1n2CC(=O)OC(C)(C)C. The van der Waals surface area contributed by atoms with Crippen molar-refractivity contribution in [3.05, 3.63) is 24.0 Å². The lowest BCUT2D eigenvalue weighted by Crippen LogP contribution is -2.26. The van der Waals surface area contributed by atoms with Gasteiger partial charge >= 0.3 is 11.9 Å². The van der Waals surface area contributed by atoms with E-state index in [1.54, 1.807) is 37.5 Å². The van der Waals surface area contributed by atoms with Crippen molar-refractivity contribution in [1.82, 2.24) is 14.5 Å². The first-order valence-corrected chi connectivity index (χ1v) is 8.57. The number of nitrogens with two attached hydrogens (primary N) is 1. The van der Waals surface area contributed by atoms with Crippen molar-refractivity contribution in [3.63, 3.8) is 0 Å². The summed E-state index contributed by atoms with van der Waals surface area (Å²) in [4.78, 5) is 32.9. The first-order valence-electron chi connectivity index (χ1n) is 8.57. The summed E-state index contributed by atoms with van der Waals surface area (Å²) >= 11 is 0. The Hall–Kier alpha value is -3.36. The molecule has 0 radical (unpaired) electrons. The van der Waals surface area contributed by atoms with Gasteiger partial charge in [-0.15, -0.1) is 0 Å². The molecule has 0 aliphatic heterocycles. The number of nitrogen functional groups attached to an aromatic ring is 1. The van der Waals surface area contributed by atoms with Crippen LogP contribution in [-0.2, 0) is 20.8 Å². The van der Waals surface area contributed by atoms with Gasteiger partial charge in [0.05, 0.1) is 30.7 Å². The van der Waals surface area contributed by atoms with Crippen LogP contribution >= 0.6 is 0 Å². The van der Waals surface area contributed by atoms with E-state index in [-0.39, 0.29) is 17.9 Å². The monoisotopic (exact) mass is 386 g/mol. The Morgan fingerprint density at radius 2 is 1.89 bits per heavy atom. The maximum absolute atomic E-state index is 12.5. The van der Waals surface area contributed by atoms with E-state index in [4.69, 9.17) is 19.9 Å². The second-order valence-electron chi connectivity index (χ2n) is 7.20. The van der Waals surface area contributed by atoms with E-state index < -0.39 is 17.5 Å². The zero-order valence-corrected chi connectivity index (χ0v) is 16.4. The minimum absolute atomic E-state index is 0.109. The van der Waals surface area contributed by atoms with Gasteiger partial charge in [0.15, 0.2) is 0 Å². The fourth-order valence-electron chi connectivity index (χ4n) is 3.08. The summed E-state index contributed by atoms with van der Waals surface area (Å²) in [6.07, 6.45) is 1.32. The van der Waals surface area contributed by atoms with Crippen LogP contribution < -0.4 is 10.5 Å². The smallest absolute Gasteiger partial charge is 0.338 e. The highest BCUT2D eigenvalue weighted by molar-refractivity contribution is 6.15. The molecule has 0 aliphatic rings. The summed E-state index contributed by atoms with van der Waals surface area (Å²) in [5.74, 6) is -0.368. The van der Waals surface area contributed by atoms with Gasteiger partial charge in [-0.3, -0.25) is 4.79 Å². The molecule has 9 heteroatoms. The van der Waals surface area contributed by atoms with Gasteiger partial charge in [-0.05, 0) is 32.9 Å². The molecule has 0 fully saturated rings. The van der Waals surface area contributed by atoms with E-state index in [2.05, 4.69) is 9.97 Å². The highest BCUT2D eigenvalue weighted by Crippen LogP contribution is 2.37. The predicted molar refractivity (Wildman–Crippen MR) is 103 cm³/mol. The molecule has 2 aromatic heterocycles. The minimum atomic E-state index is -0.633. The van der Waals surface area contributed by atoms with E-state index in [9.17, 15) is 9.59 Å². The summed E-state index contributed by atoms with van der Waals surface area (Å²) in [5.41, 5.74) is 6.73. The van der Waals surface area contributed by atoms with Crippen molar-refractivity contribution in [2.75, 3.05) is 20.0 Å². The lowest BCUT2D eigenvalue weighted by Gasteiger charge is -2.20. The quantitative estimate of drug-likeness (QED) is 0.679. The number of fused-ring (bicyclic) bond motifs is 3. The highest BCUT2D eigenvalue weighted by atomic mass is 16.6. The molecule has 0 bridgehead atoms. The Morgan fingerprint density at radius 1 is 1.18 bits per heavy atom. The number of nitrogens with zero attached hydrogens (tertiary/aromatic N) is 3. The Bertz CT molecular complexity index is 1080. The molecule has 1 aromatic carbocycles. The number of methoxy groups -OCH3 is 2. The average Bonchev–Trinajstić information content (AvgIpc) is 2.93. The third kappa shape index (κ3) is 3.42. The lowest BCUT2D eigenvalue weighted by atomic mass is 10.1. The molecule has 0 saturated carbocycles. The van der Waals surface area contributed by atoms with Gasteiger partial charge < -0.3 is 24.5 Å². The molecule has 0 spiro atoms. The van der Waals surface area contributed by atoms with Crippen LogP contribution in [0.5, 0.6) is 5.75 Å². The molecular formula is C19H22N4O5. The largest absolute Gasteiger partial charge is 0.495 e. The van der Waals surface area contributed by atoms with Gasteiger partial charge in [0.25, 0.3) is 0 Å². The molecular weight excluding hydrogens is 364 g/mol. The molecule has 0 saturated heterocycles. The zero-order chi connectivity index (χ0) is 20.6. The Kier molecular flexibility index (Phi) is 4.84. The Morgan fingerprint density at radius 3 is 2.50 bits per heavy atom. The summed E-state index contributed by atoms with van der Waals surface area (Å²) in [7, 11) is 2.77. The van der Waals surface area contributed by atoms with Gasteiger partial charge in [-0.2, -0.15) is 0 Å². The van der Waals surface area contributed by atoms with Gasteiger partial charge in [0.1, 0.15) is 35.7 Å². The van der Waals surface area contributed by atoms with Crippen LogP contribution in [0.3, 0.4) is 0 Å². The molecule has 2 N–H and O–H groups in total. The second kappa shape index (κ2) is 6.99. The van der Waals surface area contributed by atoms with Gasteiger partial charge in [-0.25, -0.2) is 14.8 Å². The highest BCUT2D eigenvalue weighted by Gasteiger charge is 2.24. The predicted octanol–water partition coefficient (Wildman–Crippen LogP) is 2.30. The van der Waals surface area contributed by atoms with E-state index >= 15 is 0 Å². The Labute approximate surface area is 161 Å². The molecule has 148 valence electrons. The minimum Gasteiger partial charge on any atom is -0.495 e. The number of carbonyl (C=O) groups excluding carboxylic acids is 2. The standard InChI is InChI=1S/C19H22N4O5/c1-19(2,3)28-13(24)8-23-15-11(14-16(20)21-9-22-17(14)23)6-10(18(25)27-5)7-12(15)26-4/h6-7,9H,8H2,1-5H3,(H2,20,21,22). The number of anilines is 1. The third-order valence-electron chi connectivity index (χ3n) is 4.07. The normalized spacial score (nSPS) is 11.6. The molecule has 28 heavy (non-hydrogen) atoms. The molecule has 0 unspecified atom stereocenters. The average molecular weight is 386 g/mol. The number of hydrogen-bond donors (Lipinski definition) is 1. The van der Waals surface area contributed by atoms with Gasteiger partial charge in [0, 0.05) is 5.39 Å². The van der Waals surface area contributed by atoms with Crippen LogP contribution in [0.15, 0.2) is 18.5 Å². The third-order valence-corrected chi connectivity index (χ3v) is 4.07. The van der Waals surface area contributed by atoms with Crippen molar-refractivity contribution in [2.24, 2.45) is 0 Å². The van der Waals surface area contributed by atoms with Crippen molar-refractivity contribution in [3.8, 4) is 5.75 Å². The van der Waals surface area contributed by atoms with Crippen molar-refractivity contribution >= 4 is 39.7 Å². The summed E-state index contributed by atoms with van der Waals surface area (Å²) in [6.45, 7) is 5.27. The molecule has 9 nitrogen and oxygen atoms in total. The van der Waals surface area contributed by atoms with Crippen molar-refractivity contribution < 1.29 is 23.8 Å². The van der Waals surface area contributed by atoms with Crippen LogP contribution in [0, 0.1) is 0 Å². The summed E-state index contributed by atoms with van der Waals surface area (Å²) in [6, 6.07) is 3.17. The Balaban J connectivity index is 2.31. The first kappa shape index (κ1) is 19.4. The first-order chi connectivity index (χ1) is 13.2. The summed E-state index contributed by atoms with van der Waals surface area (Å²) in [5, 5.41) is 1.10. The number of hydrogen-bond acceptors (Lipinski definition) is 8. The lowest BCUT2D eigenvalue weighted by molar-refractivity contribution is -0.155. The summed E-state index contributed by atoms with van der Waals surface area (Å²) < 4.78 is 17.4. The second-order valence-corrected chi connectivity index (χ2v) is 7.20. The number of ether oxygens (including phenoxy) is 3. The van der Waals surface area contributed by atoms with Gasteiger partial charge in [-0.1, -0.05) is 0 Å². The van der Waals surface area contributed by atoms with E-state index in [1.165, 1.54) is 20.5 Å². The molecule has 2 heterocycles. The number of esters is 2. The number of benzene rings is 1. The van der Waals surface area contributed by atoms with Crippen LogP contribution in [0.25, 0.3) is 21.9 Å². The van der Waals surface area contributed by atoms with E-state index in [1.807, 2.05) is 0 Å². The zero-order valence-electron chi connectivity index (χ0n) is 16.4. The number of aromatic nitrogens is 3. The van der Waals surface area contributed by atoms with E-state index in [0.29, 0.717) is 27.7 Å². The van der Waals surface area contributed by atoms with Gasteiger partial charge in [0.2, 0.25) is 0 Å². The van der Waals surface area contributed by atoms with Crippen LogP contribution in [-0.4, -0.2) is 46.3 Å². The maximum atomic E-state index is 12.5. The van der Waals surface area contributed by atoms with Crippen LogP contribution in [0.1, 0.15) is 31.1 Å². The molecule has 0 atom stereocenters. The molecule has 0 aliphatic carbocycles.